The summed E-state index contributed by atoms with van der Waals surface area (Å²) < 4.78 is 31.7. The van der Waals surface area contributed by atoms with E-state index in [-0.39, 0.29) is 11.9 Å². The van der Waals surface area contributed by atoms with Gasteiger partial charge in [-0.25, -0.2) is 9.78 Å². The number of H-pyrrole nitrogens is 1. The summed E-state index contributed by atoms with van der Waals surface area (Å²) in [6.45, 7) is 8.04. The lowest BCUT2D eigenvalue weighted by Gasteiger charge is -2.33. The Bertz CT molecular complexity index is 1200. The molecule has 2 aromatic heterocycles. The number of pyridine rings is 1. The van der Waals surface area contributed by atoms with Crippen LogP contribution in [-0.4, -0.2) is 77.3 Å². The first-order chi connectivity index (χ1) is 16.9. The molecule has 1 unspecified atom stereocenters. The lowest BCUT2D eigenvalue weighted by atomic mass is 10.0. The fourth-order valence-electron chi connectivity index (χ4n) is 3.93. The number of carbonyl (C=O) groups is 2. The van der Waals surface area contributed by atoms with Crippen LogP contribution in [0.1, 0.15) is 28.4 Å². The summed E-state index contributed by atoms with van der Waals surface area (Å²) >= 11 is 0. The zero-order chi connectivity index (χ0) is 26.5. The number of hydrogen-bond acceptors (Lipinski definition) is 5. The number of aryl methyl sites for hydroxylation is 1. The van der Waals surface area contributed by atoms with Gasteiger partial charge in [0.1, 0.15) is 5.82 Å². The number of hydrogen-bond donors (Lipinski definition) is 3. The van der Waals surface area contributed by atoms with Crippen molar-refractivity contribution in [3.8, 4) is 0 Å². The standard InChI is InChI=1S/C23H29N5O.C2HF3O2/c1-16-4-5-20-19(15-25-21(20)12-16)13-17(2)26-23(29)18-6-7-24-22(14-18)28-10-8-27(3)9-11-28;3-2(4,5)1(6)7/h4-7,12,14-15,17,25H,8-11,13H2,1-3H3,(H,26,29);(H,6,7). The highest BCUT2D eigenvalue weighted by molar-refractivity contribution is 5.95. The largest absolute Gasteiger partial charge is 0.490 e. The van der Waals surface area contributed by atoms with Crippen molar-refractivity contribution < 1.29 is 27.9 Å². The summed E-state index contributed by atoms with van der Waals surface area (Å²) in [6.07, 6.45) is -0.523. The van der Waals surface area contributed by atoms with Gasteiger partial charge in [-0.1, -0.05) is 12.1 Å². The average Bonchev–Trinajstić information content (AvgIpc) is 3.20. The van der Waals surface area contributed by atoms with Gasteiger partial charge in [0.2, 0.25) is 0 Å². The van der Waals surface area contributed by atoms with Crippen molar-refractivity contribution >= 4 is 28.6 Å². The van der Waals surface area contributed by atoms with E-state index in [1.807, 2.05) is 19.2 Å². The molecule has 1 fully saturated rings. The molecule has 1 atom stereocenters. The van der Waals surface area contributed by atoms with Gasteiger partial charge in [-0.2, -0.15) is 13.2 Å². The van der Waals surface area contributed by atoms with E-state index in [2.05, 4.69) is 57.3 Å². The second kappa shape index (κ2) is 11.4. The molecule has 1 amide bonds. The molecule has 0 saturated carbocycles. The van der Waals surface area contributed by atoms with Crippen molar-refractivity contribution in [2.75, 3.05) is 38.1 Å². The highest BCUT2D eigenvalue weighted by Gasteiger charge is 2.38. The zero-order valence-corrected chi connectivity index (χ0v) is 20.4. The molecule has 0 radical (unpaired) electrons. The number of halogens is 3. The fraction of sp³-hybridized carbons (Fsp3) is 0.400. The average molecular weight is 506 g/mol. The summed E-state index contributed by atoms with van der Waals surface area (Å²) in [7, 11) is 2.13. The predicted octanol–water partition coefficient (Wildman–Crippen LogP) is 3.62. The molecule has 3 aromatic rings. The number of rotatable bonds is 5. The van der Waals surface area contributed by atoms with Gasteiger partial charge < -0.3 is 25.2 Å². The summed E-state index contributed by atoms with van der Waals surface area (Å²) in [5, 5.41) is 11.5. The number of carboxylic acid groups (broad SMARTS) is 1. The molecular weight excluding hydrogens is 475 g/mol. The molecule has 1 aliphatic rings. The molecule has 0 bridgehead atoms. The van der Waals surface area contributed by atoms with Crippen molar-refractivity contribution in [3.05, 3.63) is 59.4 Å². The van der Waals surface area contributed by atoms with Crippen LogP contribution in [0.25, 0.3) is 10.9 Å². The molecule has 36 heavy (non-hydrogen) atoms. The third-order valence-electron chi connectivity index (χ3n) is 5.90. The highest BCUT2D eigenvalue weighted by Crippen LogP contribution is 2.21. The summed E-state index contributed by atoms with van der Waals surface area (Å²) in [4.78, 5) is 34.1. The number of likely N-dealkylation sites (N-methyl/N-ethyl adjacent to an activating group) is 1. The maximum absolute atomic E-state index is 12.8. The van der Waals surface area contributed by atoms with Crippen LogP contribution in [0.4, 0.5) is 19.0 Å². The molecule has 194 valence electrons. The first-order valence-electron chi connectivity index (χ1n) is 11.5. The van der Waals surface area contributed by atoms with Crippen LogP contribution >= 0.6 is 0 Å². The first-order valence-corrected chi connectivity index (χ1v) is 11.5. The molecule has 11 heteroatoms. The molecule has 1 aliphatic heterocycles. The number of benzene rings is 1. The van der Waals surface area contributed by atoms with Gasteiger partial charge in [0.25, 0.3) is 5.91 Å². The van der Waals surface area contributed by atoms with Crippen molar-refractivity contribution in [2.24, 2.45) is 0 Å². The van der Waals surface area contributed by atoms with E-state index in [1.54, 1.807) is 12.3 Å². The Balaban J connectivity index is 0.000000454. The molecule has 1 aromatic carbocycles. The minimum atomic E-state index is -5.08. The Morgan fingerprint density at radius 2 is 1.83 bits per heavy atom. The quantitative estimate of drug-likeness (QED) is 0.490. The number of nitrogens with zero attached hydrogens (tertiary/aromatic N) is 3. The van der Waals surface area contributed by atoms with E-state index in [4.69, 9.17) is 9.90 Å². The van der Waals surface area contributed by atoms with E-state index >= 15 is 0 Å². The fourth-order valence-corrected chi connectivity index (χ4v) is 3.93. The van der Waals surface area contributed by atoms with E-state index in [0.717, 1.165) is 43.9 Å². The van der Waals surface area contributed by atoms with E-state index in [9.17, 15) is 18.0 Å². The van der Waals surface area contributed by atoms with Crippen LogP contribution in [-0.2, 0) is 11.2 Å². The van der Waals surface area contributed by atoms with E-state index < -0.39 is 12.1 Å². The number of fused-ring (bicyclic) bond motifs is 1. The summed E-state index contributed by atoms with van der Waals surface area (Å²) in [6, 6.07) is 10.1. The van der Waals surface area contributed by atoms with Gasteiger partial charge >= 0.3 is 12.1 Å². The molecule has 3 N–H and O–H groups in total. The Morgan fingerprint density at radius 3 is 2.47 bits per heavy atom. The molecule has 0 spiro atoms. The smallest absolute Gasteiger partial charge is 0.475 e. The van der Waals surface area contributed by atoms with E-state index in [0.29, 0.717) is 5.56 Å². The number of nitrogens with one attached hydrogen (secondary N) is 2. The van der Waals surface area contributed by atoms with Gasteiger partial charge in [-0.15, -0.1) is 0 Å². The van der Waals surface area contributed by atoms with Crippen LogP contribution in [0.5, 0.6) is 0 Å². The Labute approximate surface area is 207 Å². The minimum absolute atomic E-state index is 0.0306. The summed E-state index contributed by atoms with van der Waals surface area (Å²) in [5.41, 5.74) is 4.27. The number of amides is 1. The lowest BCUT2D eigenvalue weighted by molar-refractivity contribution is -0.192. The van der Waals surface area contributed by atoms with Crippen LogP contribution in [0.3, 0.4) is 0 Å². The van der Waals surface area contributed by atoms with Crippen molar-refractivity contribution in [1.82, 2.24) is 20.2 Å². The molecular formula is C25H30F3N5O3. The first kappa shape index (κ1) is 27.0. The third-order valence-corrected chi connectivity index (χ3v) is 5.90. The second-order valence-corrected chi connectivity index (χ2v) is 8.94. The topological polar surface area (TPSA) is 102 Å². The molecule has 3 heterocycles. The number of aliphatic carboxylic acids is 1. The SMILES string of the molecule is Cc1ccc2c(CC(C)NC(=O)c3ccnc(N4CCN(C)CC4)c3)c[nH]c2c1.O=C(O)C(F)(F)F. The van der Waals surface area contributed by atoms with Crippen molar-refractivity contribution in [3.63, 3.8) is 0 Å². The van der Waals surface area contributed by atoms with Crippen LogP contribution < -0.4 is 10.2 Å². The van der Waals surface area contributed by atoms with Crippen LogP contribution in [0.15, 0.2) is 42.7 Å². The number of piperazine rings is 1. The number of anilines is 1. The maximum atomic E-state index is 12.8. The number of aromatic nitrogens is 2. The van der Waals surface area contributed by atoms with Gasteiger partial charge in [0, 0.05) is 61.1 Å². The Morgan fingerprint density at radius 1 is 1.17 bits per heavy atom. The lowest BCUT2D eigenvalue weighted by Crippen LogP contribution is -2.45. The maximum Gasteiger partial charge on any atom is 0.490 e. The zero-order valence-electron chi connectivity index (χ0n) is 20.4. The van der Waals surface area contributed by atoms with Gasteiger partial charge in [-0.3, -0.25) is 4.79 Å². The number of carboxylic acids is 1. The summed E-state index contributed by atoms with van der Waals surface area (Å²) in [5.74, 6) is -1.93. The Kier molecular flexibility index (Phi) is 8.57. The van der Waals surface area contributed by atoms with Gasteiger partial charge in [0.05, 0.1) is 0 Å². The van der Waals surface area contributed by atoms with Crippen LogP contribution in [0, 0.1) is 6.92 Å². The second-order valence-electron chi connectivity index (χ2n) is 8.94. The van der Waals surface area contributed by atoms with Crippen LogP contribution in [0.2, 0.25) is 0 Å². The van der Waals surface area contributed by atoms with Crippen molar-refractivity contribution in [2.45, 2.75) is 32.5 Å². The third kappa shape index (κ3) is 7.20. The highest BCUT2D eigenvalue weighted by atomic mass is 19.4. The van der Waals surface area contributed by atoms with Crippen molar-refractivity contribution in [1.29, 1.82) is 0 Å². The number of alkyl halides is 3. The molecule has 0 aliphatic carbocycles. The van der Waals surface area contributed by atoms with Gasteiger partial charge in [0.15, 0.2) is 0 Å². The number of carbonyl (C=O) groups excluding carboxylic acids is 1. The van der Waals surface area contributed by atoms with Gasteiger partial charge in [-0.05, 0) is 56.6 Å². The molecule has 4 rings (SSSR count). The monoisotopic (exact) mass is 505 g/mol. The Hall–Kier alpha value is -3.60. The minimum Gasteiger partial charge on any atom is -0.475 e. The number of aromatic amines is 1. The molecule has 1 saturated heterocycles. The normalized spacial score (nSPS) is 15.2. The van der Waals surface area contributed by atoms with E-state index in [1.165, 1.54) is 16.5 Å². The molecule has 8 nitrogen and oxygen atoms in total. The predicted molar refractivity (Wildman–Crippen MR) is 131 cm³/mol.